The van der Waals surface area contributed by atoms with Crippen LogP contribution in [0, 0.1) is 11.8 Å². The second-order valence-corrected chi connectivity index (χ2v) is 11.3. The highest BCUT2D eigenvalue weighted by Crippen LogP contribution is 2.67. The molecule has 0 aromatic heterocycles. The van der Waals surface area contributed by atoms with Gasteiger partial charge in [-0.15, -0.1) is 11.8 Å². The van der Waals surface area contributed by atoms with E-state index in [0.717, 1.165) is 6.42 Å². The first-order valence-electron chi connectivity index (χ1n) is 10.6. The van der Waals surface area contributed by atoms with E-state index in [2.05, 4.69) is 26.6 Å². The number of nitrogens with one attached hydrogen (secondary N) is 2. The third kappa shape index (κ3) is 3.61. The fraction of sp³-hybridized carbons (Fsp3) is 0.850. The summed E-state index contributed by atoms with van der Waals surface area (Å²) in [7, 11) is 0. The fourth-order valence-electron chi connectivity index (χ4n) is 5.20. The number of rotatable bonds is 8. The molecule has 29 heavy (non-hydrogen) atoms. The third-order valence-electron chi connectivity index (χ3n) is 6.33. The monoisotopic (exact) mass is 489 g/mol. The Morgan fingerprint density at radius 3 is 2.59 bits per heavy atom. The van der Waals surface area contributed by atoms with Crippen molar-refractivity contribution in [2.45, 2.75) is 79.9 Å². The summed E-state index contributed by atoms with van der Waals surface area (Å²) in [6, 6.07) is -1.17. The van der Waals surface area contributed by atoms with Gasteiger partial charge in [0.1, 0.15) is 6.04 Å². The first kappa shape index (κ1) is 22.9. The van der Waals surface area contributed by atoms with Crippen LogP contribution < -0.4 is 10.6 Å². The molecule has 3 amide bonds. The van der Waals surface area contributed by atoms with Gasteiger partial charge in [-0.2, -0.15) is 0 Å². The van der Waals surface area contributed by atoms with Gasteiger partial charge in [0.2, 0.25) is 17.7 Å². The Kier molecular flexibility index (Phi) is 6.90. The molecule has 7 atom stereocenters. The lowest BCUT2D eigenvalue weighted by atomic mass is 9.70. The number of fused-ring (bicyclic) bond motifs is 1. The Hall–Kier alpha value is -0.800. The van der Waals surface area contributed by atoms with Crippen molar-refractivity contribution in [3.05, 3.63) is 0 Å². The first-order valence-corrected chi connectivity index (χ1v) is 12.4. The number of nitrogens with zero attached hydrogens (tertiary/aromatic N) is 1. The van der Waals surface area contributed by atoms with Crippen LogP contribution >= 0.6 is 27.7 Å². The number of alkyl halides is 1. The first-order chi connectivity index (χ1) is 13.7. The zero-order chi connectivity index (χ0) is 21.5. The van der Waals surface area contributed by atoms with Crippen LogP contribution in [0.3, 0.4) is 0 Å². The minimum atomic E-state index is -0.682. The Morgan fingerprint density at radius 1 is 1.34 bits per heavy atom. The van der Waals surface area contributed by atoms with E-state index >= 15 is 0 Å². The van der Waals surface area contributed by atoms with Crippen LogP contribution in [-0.2, 0) is 14.4 Å². The van der Waals surface area contributed by atoms with Crippen molar-refractivity contribution in [1.29, 1.82) is 0 Å². The molecule has 9 heteroatoms. The van der Waals surface area contributed by atoms with E-state index in [-0.39, 0.29) is 40.4 Å². The highest BCUT2D eigenvalue weighted by atomic mass is 79.9. The average Bonchev–Trinajstić information content (AvgIpc) is 3.24. The molecule has 3 unspecified atom stereocenters. The predicted molar refractivity (Wildman–Crippen MR) is 117 cm³/mol. The van der Waals surface area contributed by atoms with E-state index in [1.54, 1.807) is 16.7 Å². The van der Waals surface area contributed by atoms with Crippen molar-refractivity contribution in [1.82, 2.24) is 15.5 Å². The molecule has 3 rings (SSSR count). The van der Waals surface area contributed by atoms with Crippen molar-refractivity contribution in [3.63, 3.8) is 0 Å². The number of carbonyl (C=O) groups is 3. The van der Waals surface area contributed by atoms with Crippen molar-refractivity contribution in [2.24, 2.45) is 11.8 Å². The van der Waals surface area contributed by atoms with Crippen molar-refractivity contribution >= 4 is 45.4 Å². The second kappa shape index (κ2) is 8.75. The largest absolute Gasteiger partial charge is 0.394 e. The molecule has 1 spiro atoms. The van der Waals surface area contributed by atoms with Gasteiger partial charge in [0.15, 0.2) is 0 Å². The summed E-state index contributed by atoms with van der Waals surface area (Å²) in [5.41, 5.74) is 0. The van der Waals surface area contributed by atoms with Gasteiger partial charge in [-0.3, -0.25) is 14.4 Å². The van der Waals surface area contributed by atoms with Crippen LogP contribution in [0.25, 0.3) is 0 Å². The van der Waals surface area contributed by atoms with Gasteiger partial charge >= 0.3 is 0 Å². The number of carbonyl (C=O) groups excluding carboxylic acids is 3. The normalized spacial score (nSPS) is 36.4. The van der Waals surface area contributed by atoms with E-state index in [0.29, 0.717) is 19.4 Å². The van der Waals surface area contributed by atoms with E-state index in [9.17, 15) is 19.5 Å². The minimum absolute atomic E-state index is 0.0356. The van der Waals surface area contributed by atoms with Gasteiger partial charge in [-0.25, -0.2) is 0 Å². The SMILES string of the molecule is CCCNC(=O)[C@H]1[C@H]2C(=O)N([C@@H](CC)CO)C(C(=O)NC(C)C)C23CC(Br)[C@@H]1S3. The van der Waals surface area contributed by atoms with Gasteiger partial charge in [0.05, 0.1) is 29.2 Å². The Balaban J connectivity index is 2.04. The zero-order valence-corrected chi connectivity index (χ0v) is 19.9. The maximum atomic E-state index is 13.7. The molecule has 3 fully saturated rings. The van der Waals surface area contributed by atoms with Gasteiger partial charge < -0.3 is 20.6 Å². The van der Waals surface area contributed by atoms with Gasteiger partial charge in [-0.1, -0.05) is 29.8 Å². The number of hydrogen-bond acceptors (Lipinski definition) is 5. The topological polar surface area (TPSA) is 98.7 Å². The molecule has 3 saturated heterocycles. The second-order valence-electron chi connectivity index (χ2n) is 8.61. The van der Waals surface area contributed by atoms with Crippen LogP contribution in [0.15, 0.2) is 0 Å². The number of halogens is 1. The maximum absolute atomic E-state index is 13.7. The third-order valence-corrected chi connectivity index (χ3v) is 9.55. The minimum Gasteiger partial charge on any atom is -0.394 e. The van der Waals surface area contributed by atoms with Crippen LogP contribution in [-0.4, -0.2) is 73.8 Å². The molecule has 2 bridgehead atoms. The smallest absolute Gasteiger partial charge is 0.244 e. The lowest BCUT2D eigenvalue weighted by Crippen LogP contribution is -2.57. The molecule has 0 aliphatic carbocycles. The average molecular weight is 490 g/mol. The summed E-state index contributed by atoms with van der Waals surface area (Å²) in [6.45, 7) is 8.06. The number of hydrogen-bond donors (Lipinski definition) is 3. The molecule has 3 aliphatic rings. The van der Waals surface area contributed by atoms with E-state index in [4.69, 9.17) is 0 Å². The molecule has 0 saturated carbocycles. The fourth-order valence-corrected chi connectivity index (χ4v) is 8.80. The number of amides is 3. The van der Waals surface area contributed by atoms with Crippen molar-refractivity contribution in [2.75, 3.05) is 13.2 Å². The molecule has 0 aromatic carbocycles. The maximum Gasteiger partial charge on any atom is 0.244 e. The van der Waals surface area contributed by atoms with E-state index < -0.39 is 28.7 Å². The van der Waals surface area contributed by atoms with Gasteiger partial charge in [0.25, 0.3) is 0 Å². The highest BCUT2D eigenvalue weighted by Gasteiger charge is 2.76. The highest BCUT2D eigenvalue weighted by molar-refractivity contribution is 9.09. The summed E-state index contributed by atoms with van der Waals surface area (Å²) in [5.74, 6) is -1.46. The number of aliphatic hydroxyl groups is 1. The molecule has 7 nitrogen and oxygen atoms in total. The van der Waals surface area contributed by atoms with Crippen LogP contribution in [0.5, 0.6) is 0 Å². The molecular weight excluding hydrogens is 458 g/mol. The molecule has 0 aromatic rings. The Morgan fingerprint density at radius 2 is 2.03 bits per heavy atom. The van der Waals surface area contributed by atoms with Crippen LogP contribution in [0.1, 0.15) is 47.0 Å². The van der Waals surface area contributed by atoms with Crippen molar-refractivity contribution < 1.29 is 19.5 Å². The standard InChI is InChI=1S/C20H32BrN3O4S/c1-5-7-22-17(26)13-14-19(28)24(11(6-2)9-25)16(18(27)23-10(3)4)20(14)8-12(21)15(13)29-20/h10-16,25H,5-9H2,1-4H3,(H,22,26)(H,23,27)/t11-,12?,13-,14-,15-,16?,20?/m0/s1. The number of aliphatic hydroxyl groups excluding tert-OH is 1. The summed E-state index contributed by atoms with van der Waals surface area (Å²) >= 11 is 5.35. The molecule has 3 aliphatic heterocycles. The van der Waals surface area contributed by atoms with Gasteiger partial charge in [0, 0.05) is 22.7 Å². The molecular formula is C20H32BrN3O4S. The summed E-state index contributed by atoms with van der Waals surface area (Å²) < 4.78 is -0.647. The zero-order valence-electron chi connectivity index (χ0n) is 17.5. The van der Waals surface area contributed by atoms with Crippen LogP contribution in [0.4, 0.5) is 0 Å². The Labute approximate surface area is 185 Å². The lowest BCUT2D eigenvalue weighted by molar-refractivity contribution is -0.142. The Bertz CT molecular complexity index is 674. The molecule has 0 radical (unpaired) electrons. The van der Waals surface area contributed by atoms with Crippen molar-refractivity contribution in [3.8, 4) is 0 Å². The van der Waals surface area contributed by atoms with E-state index in [1.807, 2.05) is 27.7 Å². The molecule has 3 N–H and O–H groups in total. The quantitative estimate of drug-likeness (QED) is 0.446. The number of thioether (sulfide) groups is 1. The summed E-state index contributed by atoms with van der Waals surface area (Å²) in [5, 5.41) is 15.8. The lowest BCUT2D eigenvalue weighted by Gasteiger charge is -2.37. The van der Waals surface area contributed by atoms with E-state index in [1.165, 1.54) is 0 Å². The predicted octanol–water partition coefficient (Wildman–Crippen LogP) is 1.27. The van der Waals surface area contributed by atoms with Gasteiger partial charge in [-0.05, 0) is 33.1 Å². The molecule has 164 valence electrons. The summed E-state index contributed by atoms with van der Waals surface area (Å²) in [6.07, 6.45) is 2.03. The number of likely N-dealkylation sites (tertiary alicyclic amines) is 1. The molecule has 3 heterocycles. The van der Waals surface area contributed by atoms with Crippen LogP contribution in [0.2, 0.25) is 0 Å². The summed E-state index contributed by atoms with van der Waals surface area (Å²) in [4.78, 5) is 41.7.